The van der Waals surface area contributed by atoms with Gasteiger partial charge in [0.15, 0.2) is 0 Å². The van der Waals surface area contributed by atoms with Crippen molar-refractivity contribution in [2.75, 3.05) is 20.1 Å². The molecule has 98 valence electrons. The minimum Gasteiger partial charge on any atom is -0.349 e. The number of hydrogen-bond donors (Lipinski definition) is 1. The second-order valence-electron chi connectivity index (χ2n) is 5.22. The van der Waals surface area contributed by atoms with Crippen LogP contribution < -0.4 is 5.32 Å². The van der Waals surface area contributed by atoms with Gasteiger partial charge >= 0.3 is 0 Å². The van der Waals surface area contributed by atoms with E-state index in [1.165, 1.54) is 5.56 Å². The summed E-state index contributed by atoms with van der Waals surface area (Å²) in [6, 6.07) is 10.2. The van der Waals surface area contributed by atoms with Crippen molar-refractivity contribution in [2.24, 2.45) is 5.92 Å². The Morgan fingerprint density at radius 2 is 1.89 bits per heavy atom. The highest BCUT2D eigenvalue weighted by Gasteiger charge is 2.24. The maximum absolute atomic E-state index is 12.2. The average molecular weight is 246 g/mol. The van der Waals surface area contributed by atoms with Gasteiger partial charge in [0.1, 0.15) is 0 Å². The van der Waals surface area contributed by atoms with Gasteiger partial charge in [-0.3, -0.25) is 4.79 Å². The molecule has 1 aliphatic rings. The first kappa shape index (κ1) is 13.1. The van der Waals surface area contributed by atoms with Crippen LogP contribution in [0.5, 0.6) is 0 Å². The molecule has 0 saturated carbocycles. The lowest BCUT2D eigenvalue weighted by Gasteiger charge is -2.29. The number of carbonyl (C=O) groups is 1. The van der Waals surface area contributed by atoms with Gasteiger partial charge in [-0.05, 0) is 45.5 Å². The largest absolute Gasteiger partial charge is 0.349 e. The maximum Gasteiger partial charge on any atom is 0.223 e. The number of hydrogen-bond acceptors (Lipinski definition) is 2. The summed E-state index contributed by atoms with van der Waals surface area (Å²) in [6.45, 7) is 4.10. The normalized spacial score (nSPS) is 19.4. The molecule has 18 heavy (non-hydrogen) atoms. The Bertz CT molecular complexity index is 383. The van der Waals surface area contributed by atoms with Crippen LogP contribution in [0, 0.1) is 5.92 Å². The number of carbonyl (C=O) groups excluding carboxylic acids is 1. The van der Waals surface area contributed by atoms with Crippen molar-refractivity contribution in [1.82, 2.24) is 10.2 Å². The van der Waals surface area contributed by atoms with Crippen molar-refractivity contribution in [2.45, 2.75) is 25.8 Å². The van der Waals surface area contributed by atoms with E-state index in [-0.39, 0.29) is 17.9 Å². The van der Waals surface area contributed by atoms with E-state index in [0.717, 1.165) is 25.9 Å². The molecule has 0 unspecified atom stereocenters. The molecule has 0 aromatic heterocycles. The molecule has 0 bridgehead atoms. The van der Waals surface area contributed by atoms with Crippen molar-refractivity contribution in [3.05, 3.63) is 35.9 Å². The Balaban J connectivity index is 1.87. The Morgan fingerprint density at radius 3 is 2.50 bits per heavy atom. The van der Waals surface area contributed by atoms with E-state index in [1.807, 2.05) is 25.1 Å². The molecule has 1 fully saturated rings. The lowest BCUT2D eigenvalue weighted by molar-refractivity contribution is -0.127. The molecule has 3 nitrogen and oxygen atoms in total. The maximum atomic E-state index is 12.2. The Hall–Kier alpha value is -1.35. The van der Waals surface area contributed by atoms with Crippen LogP contribution in [0.4, 0.5) is 0 Å². The van der Waals surface area contributed by atoms with Gasteiger partial charge in [0.25, 0.3) is 0 Å². The summed E-state index contributed by atoms with van der Waals surface area (Å²) in [5.74, 6) is 0.395. The van der Waals surface area contributed by atoms with Crippen LogP contribution in [0.15, 0.2) is 30.3 Å². The van der Waals surface area contributed by atoms with Crippen molar-refractivity contribution in [3.63, 3.8) is 0 Å². The molecule has 0 spiro atoms. The number of benzene rings is 1. The topological polar surface area (TPSA) is 32.3 Å². The monoisotopic (exact) mass is 246 g/mol. The second kappa shape index (κ2) is 6.01. The first-order valence-corrected chi connectivity index (χ1v) is 6.70. The first-order chi connectivity index (χ1) is 8.66. The van der Waals surface area contributed by atoms with Crippen LogP contribution in [-0.2, 0) is 4.79 Å². The molecule has 1 amide bonds. The van der Waals surface area contributed by atoms with Crippen molar-refractivity contribution in [1.29, 1.82) is 0 Å². The lowest BCUT2D eigenvalue weighted by atomic mass is 9.95. The third kappa shape index (κ3) is 3.33. The fraction of sp³-hybridized carbons (Fsp3) is 0.533. The smallest absolute Gasteiger partial charge is 0.223 e. The quantitative estimate of drug-likeness (QED) is 0.887. The third-order valence-corrected chi connectivity index (χ3v) is 3.75. The van der Waals surface area contributed by atoms with Crippen molar-refractivity contribution < 1.29 is 4.79 Å². The zero-order valence-electron chi connectivity index (χ0n) is 11.2. The van der Waals surface area contributed by atoms with Crippen LogP contribution >= 0.6 is 0 Å². The standard InChI is InChI=1S/C15H22N2O/c1-12(13-6-4-3-5-7-13)16-15(18)14-8-10-17(2)11-9-14/h3-7,12,14H,8-11H2,1-2H3,(H,16,18)/t12-/m0/s1. The van der Waals surface area contributed by atoms with E-state index in [2.05, 4.69) is 29.4 Å². The Morgan fingerprint density at radius 1 is 1.28 bits per heavy atom. The van der Waals surface area contributed by atoms with Gasteiger partial charge in [0.2, 0.25) is 5.91 Å². The fourth-order valence-corrected chi connectivity index (χ4v) is 2.43. The number of amides is 1. The van der Waals surface area contributed by atoms with Crippen LogP contribution in [0.2, 0.25) is 0 Å². The summed E-state index contributed by atoms with van der Waals surface area (Å²) >= 11 is 0. The molecule has 0 radical (unpaired) electrons. The summed E-state index contributed by atoms with van der Waals surface area (Å²) in [5, 5.41) is 3.12. The van der Waals surface area contributed by atoms with E-state index in [4.69, 9.17) is 0 Å². The molecule has 1 N–H and O–H groups in total. The number of likely N-dealkylation sites (tertiary alicyclic amines) is 1. The summed E-state index contributed by atoms with van der Waals surface area (Å²) < 4.78 is 0. The lowest BCUT2D eigenvalue weighted by Crippen LogP contribution is -2.39. The zero-order valence-corrected chi connectivity index (χ0v) is 11.2. The average Bonchev–Trinajstić information content (AvgIpc) is 2.40. The molecular weight excluding hydrogens is 224 g/mol. The summed E-state index contributed by atoms with van der Waals surface area (Å²) in [4.78, 5) is 14.4. The predicted molar refractivity (Wildman–Crippen MR) is 73.2 cm³/mol. The molecule has 0 aliphatic carbocycles. The van der Waals surface area contributed by atoms with Crippen LogP contribution in [0.1, 0.15) is 31.4 Å². The van der Waals surface area contributed by atoms with Gasteiger partial charge in [-0.2, -0.15) is 0 Å². The number of nitrogens with one attached hydrogen (secondary N) is 1. The highest BCUT2D eigenvalue weighted by molar-refractivity contribution is 5.79. The van der Waals surface area contributed by atoms with E-state index >= 15 is 0 Å². The van der Waals surface area contributed by atoms with Crippen LogP contribution in [-0.4, -0.2) is 30.9 Å². The third-order valence-electron chi connectivity index (χ3n) is 3.75. The number of nitrogens with zero attached hydrogens (tertiary/aromatic N) is 1. The highest BCUT2D eigenvalue weighted by atomic mass is 16.1. The molecule has 1 aromatic rings. The van der Waals surface area contributed by atoms with Gasteiger partial charge < -0.3 is 10.2 Å². The van der Waals surface area contributed by atoms with E-state index in [9.17, 15) is 4.79 Å². The first-order valence-electron chi connectivity index (χ1n) is 6.70. The van der Waals surface area contributed by atoms with Crippen molar-refractivity contribution in [3.8, 4) is 0 Å². The van der Waals surface area contributed by atoms with Gasteiger partial charge in [-0.25, -0.2) is 0 Å². The van der Waals surface area contributed by atoms with Crippen molar-refractivity contribution >= 4 is 5.91 Å². The number of rotatable bonds is 3. The van der Waals surface area contributed by atoms with Gasteiger partial charge in [-0.15, -0.1) is 0 Å². The van der Waals surface area contributed by atoms with E-state index in [1.54, 1.807) is 0 Å². The van der Waals surface area contributed by atoms with Gasteiger partial charge in [-0.1, -0.05) is 30.3 Å². The van der Waals surface area contributed by atoms with Crippen LogP contribution in [0.3, 0.4) is 0 Å². The summed E-state index contributed by atoms with van der Waals surface area (Å²) in [7, 11) is 2.11. The molecule has 1 atom stereocenters. The van der Waals surface area contributed by atoms with E-state index in [0.29, 0.717) is 0 Å². The minimum absolute atomic E-state index is 0.0957. The fourth-order valence-electron chi connectivity index (χ4n) is 2.43. The predicted octanol–water partition coefficient (Wildman–Crippen LogP) is 2.21. The Kier molecular flexibility index (Phi) is 4.37. The van der Waals surface area contributed by atoms with E-state index < -0.39 is 0 Å². The van der Waals surface area contributed by atoms with Gasteiger partial charge in [0, 0.05) is 5.92 Å². The molecule has 1 aliphatic heterocycles. The van der Waals surface area contributed by atoms with Crippen LogP contribution in [0.25, 0.3) is 0 Å². The SMILES string of the molecule is C[C@H](NC(=O)C1CCN(C)CC1)c1ccccc1. The Labute approximate surface area is 109 Å². The zero-order chi connectivity index (χ0) is 13.0. The second-order valence-corrected chi connectivity index (χ2v) is 5.22. The number of piperidine rings is 1. The highest BCUT2D eigenvalue weighted by Crippen LogP contribution is 2.18. The molecule has 1 saturated heterocycles. The summed E-state index contributed by atoms with van der Waals surface area (Å²) in [5.41, 5.74) is 1.17. The van der Waals surface area contributed by atoms with Gasteiger partial charge in [0.05, 0.1) is 6.04 Å². The molecule has 1 heterocycles. The molecule has 2 rings (SSSR count). The minimum atomic E-state index is 0.0957. The summed E-state index contributed by atoms with van der Waals surface area (Å²) in [6.07, 6.45) is 1.95. The molecular formula is C15H22N2O. The molecule has 3 heteroatoms. The molecule has 1 aromatic carbocycles.